The van der Waals surface area contributed by atoms with Crippen LogP contribution in [-0.4, -0.2) is 56.2 Å². The number of piperazine rings is 1. The number of nitrogens with one attached hydrogen (secondary N) is 5. The third kappa shape index (κ3) is 3.79. The Morgan fingerprint density at radius 2 is 1.81 bits per heavy atom. The minimum Gasteiger partial charge on any atom is -0.317 e. The molecular weight excluding hydrogens is 270 g/mol. The minimum absolute atomic E-state index is 0.0897. The number of hydrogen-bond donors (Lipinski definition) is 5. The molecule has 0 aliphatic carbocycles. The highest BCUT2D eigenvalue weighted by Crippen LogP contribution is 2.17. The van der Waals surface area contributed by atoms with E-state index in [4.69, 9.17) is 0 Å². The summed E-state index contributed by atoms with van der Waals surface area (Å²) in [6, 6.07) is 0.254. The van der Waals surface area contributed by atoms with Crippen LogP contribution in [0.2, 0.25) is 0 Å². The molecule has 0 aromatic carbocycles. The van der Waals surface area contributed by atoms with Gasteiger partial charge in [-0.1, -0.05) is 0 Å². The molecule has 0 aromatic rings. The summed E-state index contributed by atoms with van der Waals surface area (Å²) in [6.07, 6.45) is 3.55. The van der Waals surface area contributed by atoms with Crippen molar-refractivity contribution in [2.45, 2.75) is 43.9 Å². The molecule has 7 heteroatoms. The van der Waals surface area contributed by atoms with Gasteiger partial charge in [-0.3, -0.25) is 25.5 Å². The quantitative estimate of drug-likeness (QED) is 0.397. The summed E-state index contributed by atoms with van der Waals surface area (Å²) < 4.78 is 0. The topological polar surface area (TPSA) is 94.3 Å². The molecule has 118 valence electrons. The van der Waals surface area contributed by atoms with E-state index < -0.39 is 0 Å². The fourth-order valence-corrected chi connectivity index (χ4v) is 3.48. The van der Waals surface area contributed by atoms with E-state index in [0.717, 1.165) is 32.1 Å². The van der Waals surface area contributed by atoms with E-state index >= 15 is 0 Å². The maximum atomic E-state index is 11.7. The van der Waals surface area contributed by atoms with Gasteiger partial charge in [0.05, 0.1) is 12.2 Å². The van der Waals surface area contributed by atoms with Crippen molar-refractivity contribution in [2.24, 2.45) is 5.92 Å². The predicted molar refractivity (Wildman–Crippen MR) is 78.5 cm³/mol. The Labute approximate surface area is 125 Å². The van der Waals surface area contributed by atoms with Crippen molar-refractivity contribution >= 4 is 11.8 Å². The molecule has 3 rings (SSSR count). The van der Waals surface area contributed by atoms with E-state index in [9.17, 15) is 9.59 Å². The lowest BCUT2D eigenvalue weighted by Crippen LogP contribution is -2.65. The first-order chi connectivity index (χ1) is 10.2. The average molecular weight is 295 g/mol. The van der Waals surface area contributed by atoms with Crippen molar-refractivity contribution in [2.75, 3.05) is 26.2 Å². The second kappa shape index (κ2) is 6.83. The van der Waals surface area contributed by atoms with Gasteiger partial charge in [0.1, 0.15) is 0 Å². The van der Waals surface area contributed by atoms with Crippen molar-refractivity contribution in [1.82, 2.24) is 26.6 Å². The fourth-order valence-electron chi connectivity index (χ4n) is 3.48. The lowest BCUT2D eigenvalue weighted by Gasteiger charge is -2.39. The lowest BCUT2D eigenvalue weighted by molar-refractivity contribution is -0.135. The molecule has 3 aliphatic rings. The number of carbonyl (C=O) groups excluding carboxylic acids is 2. The SMILES string of the molecule is O=C1CCC(NC2CNC(C3CCNCC3)CN2)C(=O)N1. The summed E-state index contributed by atoms with van der Waals surface area (Å²) in [5, 5.41) is 16.2. The van der Waals surface area contributed by atoms with Gasteiger partial charge in [0.25, 0.3) is 0 Å². The molecule has 0 aromatic heterocycles. The maximum Gasteiger partial charge on any atom is 0.243 e. The monoisotopic (exact) mass is 295 g/mol. The van der Waals surface area contributed by atoms with Gasteiger partial charge in [-0.15, -0.1) is 0 Å². The van der Waals surface area contributed by atoms with Gasteiger partial charge in [0.2, 0.25) is 11.8 Å². The molecular formula is C14H25N5O2. The van der Waals surface area contributed by atoms with Crippen molar-refractivity contribution in [1.29, 1.82) is 0 Å². The van der Waals surface area contributed by atoms with E-state index in [0.29, 0.717) is 18.9 Å². The molecule has 3 saturated heterocycles. The van der Waals surface area contributed by atoms with Gasteiger partial charge in [0.15, 0.2) is 0 Å². The van der Waals surface area contributed by atoms with Crippen molar-refractivity contribution in [3.63, 3.8) is 0 Å². The van der Waals surface area contributed by atoms with Gasteiger partial charge >= 0.3 is 0 Å². The van der Waals surface area contributed by atoms with Gasteiger partial charge in [-0.25, -0.2) is 0 Å². The number of piperidine rings is 2. The van der Waals surface area contributed by atoms with Crippen LogP contribution in [0.4, 0.5) is 0 Å². The van der Waals surface area contributed by atoms with Crippen LogP contribution in [0.15, 0.2) is 0 Å². The molecule has 3 heterocycles. The summed E-state index contributed by atoms with van der Waals surface area (Å²) in [7, 11) is 0. The minimum atomic E-state index is -0.266. The van der Waals surface area contributed by atoms with Crippen LogP contribution in [-0.2, 0) is 9.59 Å². The van der Waals surface area contributed by atoms with Crippen LogP contribution in [0.25, 0.3) is 0 Å². The smallest absolute Gasteiger partial charge is 0.243 e. The normalized spacial score (nSPS) is 35.5. The van der Waals surface area contributed by atoms with Crippen LogP contribution >= 0.6 is 0 Å². The third-order valence-corrected chi connectivity index (χ3v) is 4.76. The number of amides is 2. The Morgan fingerprint density at radius 1 is 1.00 bits per heavy atom. The highest BCUT2D eigenvalue weighted by atomic mass is 16.2. The highest BCUT2D eigenvalue weighted by molar-refractivity contribution is 6.00. The average Bonchev–Trinajstić information content (AvgIpc) is 2.52. The number of carbonyl (C=O) groups is 2. The first-order valence-electron chi connectivity index (χ1n) is 7.99. The van der Waals surface area contributed by atoms with Crippen molar-refractivity contribution in [3.05, 3.63) is 0 Å². The molecule has 3 aliphatic heterocycles. The summed E-state index contributed by atoms with van der Waals surface area (Å²) in [5.74, 6) is 0.363. The molecule has 3 unspecified atom stereocenters. The summed E-state index contributed by atoms with van der Waals surface area (Å²) in [6.45, 7) is 3.96. The Balaban J connectivity index is 1.43. The molecule has 3 fully saturated rings. The molecule has 3 atom stereocenters. The zero-order valence-corrected chi connectivity index (χ0v) is 12.3. The number of rotatable bonds is 3. The van der Waals surface area contributed by atoms with E-state index in [-0.39, 0.29) is 24.0 Å². The van der Waals surface area contributed by atoms with Crippen LogP contribution < -0.4 is 26.6 Å². The van der Waals surface area contributed by atoms with E-state index in [1.54, 1.807) is 0 Å². The Bertz CT molecular complexity index is 389. The van der Waals surface area contributed by atoms with Crippen LogP contribution in [0.5, 0.6) is 0 Å². The first-order valence-corrected chi connectivity index (χ1v) is 7.99. The molecule has 21 heavy (non-hydrogen) atoms. The van der Waals surface area contributed by atoms with Gasteiger partial charge < -0.3 is 10.6 Å². The number of hydrogen-bond acceptors (Lipinski definition) is 6. The maximum absolute atomic E-state index is 11.7. The summed E-state index contributed by atoms with van der Waals surface area (Å²) in [5.41, 5.74) is 0. The lowest BCUT2D eigenvalue weighted by atomic mass is 9.89. The van der Waals surface area contributed by atoms with E-state index in [1.165, 1.54) is 12.8 Å². The highest BCUT2D eigenvalue weighted by Gasteiger charge is 2.31. The van der Waals surface area contributed by atoms with Crippen molar-refractivity contribution in [3.8, 4) is 0 Å². The Morgan fingerprint density at radius 3 is 2.48 bits per heavy atom. The second-order valence-electron chi connectivity index (χ2n) is 6.23. The largest absolute Gasteiger partial charge is 0.317 e. The molecule has 2 amide bonds. The summed E-state index contributed by atoms with van der Waals surface area (Å²) >= 11 is 0. The summed E-state index contributed by atoms with van der Waals surface area (Å²) in [4.78, 5) is 22.9. The zero-order chi connectivity index (χ0) is 14.7. The Kier molecular flexibility index (Phi) is 4.84. The van der Waals surface area contributed by atoms with Gasteiger partial charge in [-0.05, 0) is 38.3 Å². The second-order valence-corrected chi connectivity index (χ2v) is 6.23. The van der Waals surface area contributed by atoms with E-state index in [2.05, 4.69) is 26.6 Å². The Hall–Kier alpha value is -1.02. The van der Waals surface area contributed by atoms with Crippen LogP contribution in [0, 0.1) is 5.92 Å². The van der Waals surface area contributed by atoms with Crippen LogP contribution in [0.1, 0.15) is 25.7 Å². The van der Waals surface area contributed by atoms with Crippen molar-refractivity contribution < 1.29 is 9.59 Å². The van der Waals surface area contributed by atoms with Gasteiger partial charge in [-0.2, -0.15) is 0 Å². The molecule has 7 nitrogen and oxygen atoms in total. The third-order valence-electron chi connectivity index (χ3n) is 4.76. The van der Waals surface area contributed by atoms with Gasteiger partial charge in [0, 0.05) is 25.6 Å². The first kappa shape index (κ1) is 14.9. The standard InChI is InChI=1S/C14H25N5O2/c20-13-2-1-10(14(21)19-13)18-12-8-16-11(7-17-12)9-3-5-15-6-4-9/h9-12,15-18H,1-8H2,(H,19,20,21). The molecule has 0 bridgehead atoms. The molecule has 5 N–H and O–H groups in total. The zero-order valence-electron chi connectivity index (χ0n) is 12.3. The van der Waals surface area contributed by atoms with Crippen LogP contribution in [0.3, 0.4) is 0 Å². The molecule has 0 saturated carbocycles. The fraction of sp³-hybridized carbons (Fsp3) is 0.857. The predicted octanol–water partition coefficient (Wildman–Crippen LogP) is -1.73. The molecule has 0 spiro atoms. The molecule has 0 radical (unpaired) electrons. The number of imide groups is 1. The van der Waals surface area contributed by atoms with E-state index in [1.807, 2.05) is 0 Å².